The molecule has 2 rings (SSSR count). The van der Waals surface area contributed by atoms with Gasteiger partial charge in [0.2, 0.25) is 10.9 Å². The lowest BCUT2D eigenvalue weighted by molar-refractivity contribution is 0.619. The molecular weight excluding hydrogens is 210 g/mol. The molecule has 0 aromatic heterocycles. The number of aryl methyl sites for hydroxylation is 1. The topological polar surface area (TPSA) is 46.2 Å². The molecule has 0 fully saturated rings. The lowest BCUT2D eigenvalue weighted by Crippen LogP contribution is -2.04. The summed E-state index contributed by atoms with van der Waals surface area (Å²) in [4.78, 5) is 0. The molecule has 0 radical (unpaired) electrons. The van der Waals surface area contributed by atoms with Gasteiger partial charge in [-0.15, -0.1) is 0 Å². The van der Waals surface area contributed by atoms with Crippen molar-refractivity contribution in [2.45, 2.75) is 19.8 Å². The van der Waals surface area contributed by atoms with E-state index in [0.29, 0.717) is 0 Å². The van der Waals surface area contributed by atoms with Crippen LogP contribution in [0.5, 0.6) is 0 Å². The van der Waals surface area contributed by atoms with Crippen LogP contribution in [0.25, 0.3) is 6.08 Å². The van der Waals surface area contributed by atoms with E-state index in [4.69, 9.17) is 0 Å². The largest absolute Gasteiger partial charge is 0.285 e. The van der Waals surface area contributed by atoms with Crippen molar-refractivity contribution in [2.24, 2.45) is 0 Å². The van der Waals surface area contributed by atoms with Crippen molar-refractivity contribution < 1.29 is 8.42 Å². The third kappa shape index (κ3) is 2.04. The predicted octanol–water partition coefficient (Wildman–Crippen LogP) is 1.89. The van der Waals surface area contributed by atoms with Crippen molar-refractivity contribution >= 4 is 22.7 Å². The minimum Gasteiger partial charge on any atom is -0.285 e. The van der Waals surface area contributed by atoms with E-state index < -0.39 is 10.9 Å². The summed E-state index contributed by atoms with van der Waals surface area (Å²) in [7, 11) is -2.58. The lowest BCUT2D eigenvalue weighted by atomic mass is 9.92. The Morgan fingerprint density at radius 2 is 2.13 bits per heavy atom. The van der Waals surface area contributed by atoms with Crippen LogP contribution in [0, 0.1) is 6.92 Å². The number of hydrogen-bond acceptors (Lipinski definition) is 2. The van der Waals surface area contributed by atoms with Gasteiger partial charge in [-0.2, -0.15) is 0 Å². The summed E-state index contributed by atoms with van der Waals surface area (Å²) in [5.41, 5.74) is 4.17. The van der Waals surface area contributed by atoms with E-state index in [0.717, 1.165) is 29.7 Å². The van der Waals surface area contributed by atoms with Crippen LogP contribution in [0.2, 0.25) is 0 Å². The lowest BCUT2D eigenvalue weighted by Gasteiger charge is -2.16. The zero-order chi connectivity index (χ0) is 10.8. The first kappa shape index (κ1) is 10.2. The second kappa shape index (κ2) is 4.06. The van der Waals surface area contributed by atoms with E-state index in [1.165, 1.54) is 5.56 Å². The molecule has 0 aliphatic heterocycles. The number of nitrogens with one attached hydrogen (secondary N) is 1. The molecule has 80 valence electrons. The molecule has 0 saturated carbocycles. The molecule has 1 N–H and O–H groups in total. The molecule has 1 aromatic rings. The molecule has 0 amide bonds. The Labute approximate surface area is 90.9 Å². The fourth-order valence-corrected chi connectivity index (χ4v) is 2.32. The molecule has 15 heavy (non-hydrogen) atoms. The van der Waals surface area contributed by atoms with E-state index in [1.54, 1.807) is 0 Å². The van der Waals surface area contributed by atoms with Crippen LogP contribution >= 0.6 is 0 Å². The maximum atomic E-state index is 10.6. The van der Waals surface area contributed by atoms with Gasteiger partial charge in [0.15, 0.2) is 0 Å². The molecule has 1 aromatic carbocycles. The maximum Gasteiger partial charge on any atom is 0.222 e. The number of hydrogen-bond donors (Lipinski definition) is 2. The third-order valence-corrected chi connectivity index (χ3v) is 3.06. The van der Waals surface area contributed by atoms with E-state index in [2.05, 4.69) is 16.9 Å². The summed E-state index contributed by atoms with van der Waals surface area (Å²) in [6.07, 6.45) is 6.06. The molecular formula is C11H13NO2S. The molecule has 0 spiro atoms. The zero-order valence-electron chi connectivity index (χ0n) is 8.49. The minimum atomic E-state index is -2.58. The summed E-state index contributed by atoms with van der Waals surface area (Å²) in [6, 6.07) is 3.77. The molecule has 3 nitrogen and oxygen atoms in total. The number of allylic oxidation sites excluding steroid dienone is 1. The second-order valence-electron chi connectivity index (χ2n) is 3.63. The van der Waals surface area contributed by atoms with Gasteiger partial charge in [-0.3, -0.25) is 4.72 Å². The van der Waals surface area contributed by atoms with Crippen molar-refractivity contribution in [2.75, 3.05) is 4.72 Å². The first-order chi connectivity index (χ1) is 7.18. The first-order valence-electron chi connectivity index (χ1n) is 4.88. The van der Waals surface area contributed by atoms with Gasteiger partial charge in [0.25, 0.3) is 0 Å². The van der Waals surface area contributed by atoms with Crippen molar-refractivity contribution in [1.82, 2.24) is 0 Å². The second-order valence-corrected chi connectivity index (χ2v) is 4.37. The van der Waals surface area contributed by atoms with Gasteiger partial charge in [-0.1, -0.05) is 18.2 Å². The van der Waals surface area contributed by atoms with Crippen LogP contribution in [0.15, 0.2) is 18.2 Å². The van der Waals surface area contributed by atoms with Gasteiger partial charge in [-0.25, -0.2) is 8.42 Å². The molecule has 0 bridgehead atoms. The predicted molar refractivity (Wildman–Crippen MR) is 62.5 cm³/mol. The van der Waals surface area contributed by atoms with Gasteiger partial charge >= 0.3 is 0 Å². The molecule has 0 heterocycles. The normalized spacial score (nSPS) is 14.0. The fourth-order valence-electron chi connectivity index (χ4n) is 1.92. The quantitative estimate of drug-likeness (QED) is 0.752. The Morgan fingerprint density at radius 1 is 1.33 bits per heavy atom. The smallest absolute Gasteiger partial charge is 0.222 e. The monoisotopic (exact) mass is 223 g/mol. The van der Waals surface area contributed by atoms with Crippen molar-refractivity contribution in [3.8, 4) is 0 Å². The third-order valence-electron chi connectivity index (χ3n) is 2.63. The highest BCUT2D eigenvalue weighted by Gasteiger charge is 2.11. The zero-order valence-corrected chi connectivity index (χ0v) is 9.38. The Bertz CT molecular complexity index is 482. The summed E-state index contributed by atoms with van der Waals surface area (Å²) in [6.45, 7) is 2.04. The molecule has 1 aliphatic rings. The highest BCUT2D eigenvalue weighted by Crippen LogP contribution is 2.29. The van der Waals surface area contributed by atoms with E-state index in [1.807, 2.05) is 19.1 Å². The molecule has 0 atom stereocenters. The van der Waals surface area contributed by atoms with E-state index >= 15 is 0 Å². The van der Waals surface area contributed by atoms with Gasteiger partial charge in [-0.05, 0) is 42.5 Å². The van der Waals surface area contributed by atoms with Crippen molar-refractivity contribution in [3.63, 3.8) is 0 Å². The molecule has 0 unspecified atom stereocenters. The Hall–Kier alpha value is -1.29. The summed E-state index contributed by atoms with van der Waals surface area (Å²) in [5.74, 6) is 0. The number of anilines is 1. The van der Waals surface area contributed by atoms with Gasteiger partial charge in [0.1, 0.15) is 0 Å². The summed E-state index contributed by atoms with van der Waals surface area (Å²) < 4.78 is 23.8. The van der Waals surface area contributed by atoms with Crippen molar-refractivity contribution in [3.05, 3.63) is 34.9 Å². The standard InChI is InChI=1S/C11H13NO2S/c1-8-6-7-11(12-15(13)14)10-5-3-2-4-9(8)10/h2,4,6-7,15H,3,5H2,1H3,(H,12,13,14). The maximum absolute atomic E-state index is 10.6. The summed E-state index contributed by atoms with van der Waals surface area (Å²) in [5, 5.41) is 0. The van der Waals surface area contributed by atoms with Crippen molar-refractivity contribution in [1.29, 1.82) is 0 Å². The average Bonchev–Trinajstić information content (AvgIpc) is 2.22. The van der Waals surface area contributed by atoms with Gasteiger partial charge < -0.3 is 0 Å². The van der Waals surface area contributed by atoms with Crippen LogP contribution in [-0.2, 0) is 17.3 Å². The minimum absolute atomic E-state index is 0.719. The average molecular weight is 223 g/mol. The van der Waals surface area contributed by atoms with E-state index in [9.17, 15) is 8.42 Å². The molecule has 1 aliphatic carbocycles. The summed E-state index contributed by atoms with van der Waals surface area (Å²) >= 11 is 0. The highest BCUT2D eigenvalue weighted by molar-refractivity contribution is 7.73. The number of benzene rings is 1. The molecule has 0 saturated heterocycles. The van der Waals surface area contributed by atoms with E-state index in [-0.39, 0.29) is 0 Å². The highest BCUT2D eigenvalue weighted by atomic mass is 32.2. The van der Waals surface area contributed by atoms with Gasteiger partial charge in [0.05, 0.1) is 5.69 Å². The van der Waals surface area contributed by atoms with Crippen LogP contribution in [0.3, 0.4) is 0 Å². The fraction of sp³-hybridized carbons (Fsp3) is 0.273. The number of rotatable bonds is 2. The van der Waals surface area contributed by atoms with Gasteiger partial charge in [0, 0.05) is 0 Å². The first-order valence-corrected chi connectivity index (χ1v) is 6.06. The Morgan fingerprint density at radius 3 is 2.87 bits per heavy atom. The number of fused-ring (bicyclic) bond motifs is 1. The Kier molecular flexibility index (Phi) is 2.77. The van der Waals surface area contributed by atoms with Crippen LogP contribution in [0.4, 0.5) is 5.69 Å². The van der Waals surface area contributed by atoms with Crippen LogP contribution < -0.4 is 4.72 Å². The van der Waals surface area contributed by atoms with Crippen LogP contribution in [-0.4, -0.2) is 8.42 Å². The number of thiol groups is 1. The molecule has 4 heteroatoms. The van der Waals surface area contributed by atoms with Crippen LogP contribution in [0.1, 0.15) is 23.1 Å². The SMILES string of the molecule is Cc1ccc(N[SH](=O)=O)c2c1C=CCC2. The Balaban J connectivity index is 2.53.